The molecule has 0 aliphatic heterocycles. The molecule has 4 rings (SSSR count). The molecule has 0 radical (unpaired) electrons. The first-order valence-corrected chi connectivity index (χ1v) is 11.0. The number of benzene rings is 4. The minimum Gasteiger partial charge on any atom is -0.291 e. The third kappa shape index (κ3) is 6.57. The van der Waals surface area contributed by atoms with Gasteiger partial charge in [-0.25, -0.2) is 0 Å². The van der Waals surface area contributed by atoms with Crippen LogP contribution in [-0.2, 0) is 13.1 Å². The first kappa shape index (κ1) is 21.4. The number of allylic oxidation sites excluding steroid dienone is 1. The maximum Gasteiger partial charge on any atom is 0.0253 e. The van der Waals surface area contributed by atoms with Crippen molar-refractivity contribution in [2.24, 2.45) is 0 Å². The van der Waals surface area contributed by atoms with Crippen LogP contribution in [0.3, 0.4) is 0 Å². The summed E-state index contributed by atoms with van der Waals surface area (Å²) in [6.07, 6.45) is 2.07. The van der Waals surface area contributed by atoms with Crippen molar-refractivity contribution in [1.82, 2.24) is 4.90 Å². The third-order valence-corrected chi connectivity index (χ3v) is 5.27. The van der Waals surface area contributed by atoms with Gasteiger partial charge in [-0.3, -0.25) is 4.90 Å². The minimum atomic E-state index is 0.817. The van der Waals surface area contributed by atoms with Gasteiger partial charge in [-0.05, 0) is 40.5 Å². The zero-order valence-corrected chi connectivity index (χ0v) is 18.2. The summed E-state index contributed by atoms with van der Waals surface area (Å²) in [5, 5.41) is 0. The second-order valence-corrected chi connectivity index (χ2v) is 7.79. The van der Waals surface area contributed by atoms with E-state index in [9.17, 15) is 0 Å². The lowest BCUT2D eigenvalue weighted by atomic mass is 10.0. The number of hydrogen-bond donors (Lipinski definition) is 0. The number of rotatable bonds is 7. The molecule has 32 heavy (non-hydrogen) atoms. The van der Waals surface area contributed by atoms with Crippen molar-refractivity contribution < 1.29 is 0 Å². The van der Waals surface area contributed by atoms with Gasteiger partial charge in [0.25, 0.3) is 0 Å². The van der Waals surface area contributed by atoms with Crippen molar-refractivity contribution >= 4 is 5.57 Å². The summed E-state index contributed by atoms with van der Waals surface area (Å²) in [6.45, 7) is 2.58. The van der Waals surface area contributed by atoms with Crippen LogP contribution in [-0.4, -0.2) is 11.4 Å². The van der Waals surface area contributed by atoms with Crippen LogP contribution in [0.2, 0.25) is 0 Å². The van der Waals surface area contributed by atoms with E-state index in [1.165, 1.54) is 22.3 Å². The summed E-state index contributed by atoms with van der Waals surface area (Å²) in [5.41, 5.74) is 6.08. The fourth-order valence-electron chi connectivity index (χ4n) is 3.69. The van der Waals surface area contributed by atoms with Crippen molar-refractivity contribution in [2.45, 2.75) is 13.1 Å². The molecule has 0 atom stereocenters. The Morgan fingerprint density at radius 1 is 0.594 bits per heavy atom. The molecular formula is C31H27N. The minimum absolute atomic E-state index is 0.817. The highest BCUT2D eigenvalue weighted by atomic mass is 15.1. The van der Waals surface area contributed by atoms with E-state index in [1.54, 1.807) is 0 Å². The standard InChI is InChI=1S/C31H27N/c1-5-14-27(15-6-1)20-13-23-31(30-21-11-4-12-22-30)26-32(24-28-16-7-2-8-17-28)25-29-18-9-3-10-19-29/h1-12,14-19,21-23H,24-26H2. The number of nitrogens with zero attached hydrogens (tertiary/aromatic N) is 1. The summed E-state index contributed by atoms with van der Waals surface area (Å²) in [4.78, 5) is 2.48. The normalized spacial score (nSPS) is 11.1. The van der Waals surface area contributed by atoms with Gasteiger partial charge in [0, 0.05) is 25.2 Å². The Bertz CT molecular complexity index is 1130. The van der Waals surface area contributed by atoms with E-state index in [2.05, 4.69) is 114 Å². The fourth-order valence-corrected chi connectivity index (χ4v) is 3.69. The SMILES string of the molecule is C(#Cc1ccccc1)C=C(CN(Cc1ccccc1)Cc1ccccc1)c1ccccc1. The Kier molecular flexibility index (Phi) is 7.69. The Labute approximate surface area is 191 Å². The molecule has 0 heterocycles. The number of hydrogen-bond acceptors (Lipinski definition) is 1. The molecule has 4 aromatic carbocycles. The molecule has 0 saturated heterocycles. The van der Waals surface area contributed by atoms with Gasteiger partial charge in [-0.15, -0.1) is 0 Å². The van der Waals surface area contributed by atoms with Crippen LogP contribution in [0, 0.1) is 11.8 Å². The van der Waals surface area contributed by atoms with Gasteiger partial charge in [0.15, 0.2) is 0 Å². The summed E-state index contributed by atoms with van der Waals surface area (Å²) < 4.78 is 0. The van der Waals surface area contributed by atoms with E-state index in [0.717, 1.165) is 25.2 Å². The lowest BCUT2D eigenvalue weighted by Gasteiger charge is -2.24. The molecule has 4 aromatic rings. The van der Waals surface area contributed by atoms with Crippen LogP contribution in [0.25, 0.3) is 5.57 Å². The van der Waals surface area contributed by atoms with Crippen LogP contribution in [0.5, 0.6) is 0 Å². The lowest BCUT2D eigenvalue weighted by Crippen LogP contribution is -2.25. The van der Waals surface area contributed by atoms with E-state index >= 15 is 0 Å². The van der Waals surface area contributed by atoms with Crippen LogP contribution in [0.1, 0.15) is 22.3 Å². The van der Waals surface area contributed by atoms with Crippen molar-refractivity contribution in [3.8, 4) is 11.8 Å². The van der Waals surface area contributed by atoms with Crippen molar-refractivity contribution in [2.75, 3.05) is 6.54 Å². The van der Waals surface area contributed by atoms with Crippen LogP contribution in [0.4, 0.5) is 0 Å². The molecule has 0 aromatic heterocycles. The predicted octanol–water partition coefficient (Wildman–Crippen LogP) is 6.82. The van der Waals surface area contributed by atoms with Gasteiger partial charge in [-0.1, -0.05) is 121 Å². The van der Waals surface area contributed by atoms with Gasteiger partial charge in [-0.2, -0.15) is 0 Å². The highest BCUT2D eigenvalue weighted by molar-refractivity contribution is 5.69. The summed E-state index contributed by atoms with van der Waals surface area (Å²) in [5.74, 6) is 6.57. The largest absolute Gasteiger partial charge is 0.291 e. The second-order valence-electron chi connectivity index (χ2n) is 7.79. The molecule has 0 amide bonds. The highest BCUT2D eigenvalue weighted by Gasteiger charge is 2.11. The molecule has 0 N–H and O–H groups in total. The van der Waals surface area contributed by atoms with E-state index in [1.807, 2.05) is 30.3 Å². The first-order valence-electron chi connectivity index (χ1n) is 11.0. The molecule has 0 unspecified atom stereocenters. The zero-order valence-electron chi connectivity index (χ0n) is 18.2. The average molecular weight is 414 g/mol. The molecule has 0 bridgehead atoms. The second kappa shape index (κ2) is 11.5. The van der Waals surface area contributed by atoms with E-state index in [4.69, 9.17) is 0 Å². The molecule has 0 aliphatic carbocycles. The van der Waals surface area contributed by atoms with Gasteiger partial charge < -0.3 is 0 Å². The maximum absolute atomic E-state index is 3.29. The molecule has 0 spiro atoms. The van der Waals surface area contributed by atoms with Gasteiger partial charge >= 0.3 is 0 Å². The Morgan fingerprint density at radius 2 is 1.06 bits per heavy atom. The maximum atomic E-state index is 3.29. The fraction of sp³-hybridized carbons (Fsp3) is 0.0968. The van der Waals surface area contributed by atoms with Crippen molar-refractivity contribution in [3.63, 3.8) is 0 Å². The summed E-state index contributed by atoms with van der Waals surface area (Å²) in [6, 6.07) is 42.0. The first-order chi connectivity index (χ1) is 15.9. The van der Waals surface area contributed by atoms with Crippen LogP contribution in [0.15, 0.2) is 127 Å². The monoisotopic (exact) mass is 413 g/mol. The summed E-state index contributed by atoms with van der Waals surface area (Å²) >= 11 is 0. The molecule has 0 aliphatic rings. The summed E-state index contributed by atoms with van der Waals surface area (Å²) in [7, 11) is 0. The van der Waals surface area contributed by atoms with E-state index in [-0.39, 0.29) is 0 Å². The topological polar surface area (TPSA) is 3.24 Å². The molecule has 156 valence electrons. The van der Waals surface area contributed by atoms with Crippen LogP contribution >= 0.6 is 0 Å². The molecular weight excluding hydrogens is 386 g/mol. The molecule has 1 nitrogen and oxygen atoms in total. The van der Waals surface area contributed by atoms with Gasteiger partial charge in [0.1, 0.15) is 0 Å². The zero-order chi connectivity index (χ0) is 21.8. The Hall–Kier alpha value is -3.86. The van der Waals surface area contributed by atoms with Gasteiger partial charge in [0.05, 0.1) is 0 Å². The van der Waals surface area contributed by atoms with Crippen LogP contribution < -0.4 is 0 Å². The lowest BCUT2D eigenvalue weighted by molar-refractivity contribution is 0.290. The smallest absolute Gasteiger partial charge is 0.0253 e. The molecule has 0 fully saturated rings. The molecule has 0 saturated carbocycles. The predicted molar refractivity (Wildman–Crippen MR) is 135 cm³/mol. The average Bonchev–Trinajstić information content (AvgIpc) is 2.86. The van der Waals surface area contributed by atoms with Crippen molar-refractivity contribution in [1.29, 1.82) is 0 Å². The Morgan fingerprint density at radius 3 is 1.59 bits per heavy atom. The highest BCUT2D eigenvalue weighted by Crippen LogP contribution is 2.19. The van der Waals surface area contributed by atoms with Gasteiger partial charge in [0.2, 0.25) is 0 Å². The Balaban J connectivity index is 1.62. The van der Waals surface area contributed by atoms with E-state index in [0.29, 0.717) is 0 Å². The molecule has 1 heteroatoms. The quantitative estimate of drug-likeness (QED) is 0.300. The van der Waals surface area contributed by atoms with Crippen molar-refractivity contribution in [3.05, 3.63) is 150 Å². The third-order valence-electron chi connectivity index (χ3n) is 5.27. The van der Waals surface area contributed by atoms with E-state index < -0.39 is 0 Å².